The summed E-state index contributed by atoms with van der Waals surface area (Å²) in [5, 5.41) is 3.53. The lowest BCUT2D eigenvalue weighted by atomic mass is 9.56. The summed E-state index contributed by atoms with van der Waals surface area (Å²) in [6.07, 6.45) is 9.34. The van der Waals surface area contributed by atoms with Gasteiger partial charge in [-0.25, -0.2) is 0 Å². The van der Waals surface area contributed by atoms with E-state index in [0.29, 0.717) is 17.9 Å². The van der Waals surface area contributed by atoms with E-state index < -0.39 is 0 Å². The number of carbonyl (C=O) groups is 1. The first-order chi connectivity index (χ1) is 12.1. The quantitative estimate of drug-likeness (QED) is 0.793. The Balaban J connectivity index is 1.40. The SMILES string of the molecule is C[C@@H]1CN(CCC[C@@H]2[C@H]3CCCC[C@@H]3C[C@@H]3C(=O)O[C@@H](C)[C@H]23)CCN1. The van der Waals surface area contributed by atoms with E-state index in [4.69, 9.17) is 4.74 Å². The molecule has 0 aromatic carbocycles. The van der Waals surface area contributed by atoms with Crippen LogP contribution in [-0.4, -0.2) is 49.2 Å². The molecule has 142 valence electrons. The van der Waals surface area contributed by atoms with Gasteiger partial charge < -0.3 is 15.0 Å². The van der Waals surface area contributed by atoms with Gasteiger partial charge in [-0.05, 0) is 63.8 Å². The molecule has 2 aliphatic heterocycles. The lowest BCUT2D eigenvalue weighted by molar-refractivity contribution is -0.144. The molecule has 0 radical (unpaired) electrons. The highest BCUT2D eigenvalue weighted by molar-refractivity contribution is 5.75. The Bertz CT molecular complexity index is 483. The van der Waals surface area contributed by atoms with Crippen LogP contribution in [0.25, 0.3) is 0 Å². The Kier molecular flexibility index (Phi) is 5.38. The van der Waals surface area contributed by atoms with Gasteiger partial charge >= 0.3 is 5.97 Å². The predicted molar refractivity (Wildman–Crippen MR) is 99.2 cm³/mol. The van der Waals surface area contributed by atoms with Gasteiger partial charge in [-0.1, -0.05) is 19.3 Å². The fourth-order valence-electron chi connectivity index (χ4n) is 6.61. The van der Waals surface area contributed by atoms with Gasteiger partial charge in [-0.15, -0.1) is 0 Å². The highest BCUT2D eigenvalue weighted by atomic mass is 16.6. The number of hydrogen-bond donors (Lipinski definition) is 1. The molecule has 2 saturated heterocycles. The maximum Gasteiger partial charge on any atom is 0.309 e. The first-order valence-corrected chi connectivity index (χ1v) is 10.8. The van der Waals surface area contributed by atoms with Gasteiger partial charge in [0.15, 0.2) is 0 Å². The molecule has 25 heavy (non-hydrogen) atoms. The van der Waals surface area contributed by atoms with Gasteiger partial charge in [-0.3, -0.25) is 4.79 Å². The van der Waals surface area contributed by atoms with Crippen molar-refractivity contribution >= 4 is 5.97 Å². The molecule has 2 heterocycles. The molecule has 4 aliphatic rings. The van der Waals surface area contributed by atoms with E-state index in [1.54, 1.807) is 0 Å². The molecule has 1 N–H and O–H groups in total. The Labute approximate surface area is 153 Å². The summed E-state index contributed by atoms with van der Waals surface area (Å²) < 4.78 is 5.70. The van der Waals surface area contributed by atoms with Crippen molar-refractivity contribution in [2.45, 2.75) is 70.9 Å². The number of cyclic esters (lactones) is 1. The number of rotatable bonds is 4. The molecule has 0 unspecified atom stereocenters. The summed E-state index contributed by atoms with van der Waals surface area (Å²) in [6.45, 7) is 9.15. The highest BCUT2D eigenvalue weighted by Crippen LogP contribution is 2.54. The van der Waals surface area contributed by atoms with Gasteiger partial charge in [0.05, 0.1) is 5.92 Å². The number of carbonyl (C=O) groups excluding carboxylic acids is 1. The average molecular weight is 349 g/mol. The van der Waals surface area contributed by atoms with Crippen molar-refractivity contribution in [2.24, 2.45) is 29.6 Å². The predicted octanol–water partition coefficient (Wildman–Crippen LogP) is 3.06. The molecule has 0 aromatic heterocycles. The molecule has 2 aliphatic carbocycles. The topological polar surface area (TPSA) is 41.6 Å². The van der Waals surface area contributed by atoms with Crippen LogP contribution in [0.1, 0.15) is 58.8 Å². The van der Waals surface area contributed by atoms with Crippen LogP contribution < -0.4 is 5.32 Å². The van der Waals surface area contributed by atoms with Crippen molar-refractivity contribution in [3.05, 3.63) is 0 Å². The summed E-state index contributed by atoms with van der Waals surface area (Å²) in [4.78, 5) is 15.0. The van der Waals surface area contributed by atoms with Crippen LogP contribution in [0.2, 0.25) is 0 Å². The number of ether oxygens (including phenoxy) is 1. The largest absolute Gasteiger partial charge is 0.462 e. The van der Waals surface area contributed by atoms with E-state index in [2.05, 4.69) is 24.1 Å². The molecule has 7 atom stereocenters. The number of esters is 1. The maximum atomic E-state index is 12.4. The van der Waals surface area contributed by atoms with E-state index in [9.17, 15) is 4.79 Å². The number of piperazine rings is 1. The van der Waals surface area contributed by atoms with Crippen LogP contribution in [0.4, 0.5) is 0 Å². The van der Waals surface area contributed by atoms with E-state index in [1.807, 2.05) is 0 Å². The molecular formula is C21H36N2O2. The Morgan fingerprint density at radius 2 is 2.08 bits per heavy atom. The molecule has 4 nitrogen and oxygen atoms in total. The van der Waals surface area contributed by atoms with E-state index in [0.717, 1.165) is 24.8 Å². The summed E-state index contributed by atoms with van der Waals surface area (Å²) in [5.74, 6) is 3.17. The van der Waals surface area contributed by atoms with Gasteiger partial charge in [0.25, 0.3) is 0 Å². The minimum Gasteiger partial charge on any atom is -0.462 e. The third kappa shape index (κ3) is 3.62. The molecular weight excluding hydrogens is 312 g/mol. The van der Waals surface area contributed by atoms with Crippen molar-refractivity contribution in [3.63, 3.8) is 0 Å². The minimum atomic E-state index is 0.113. The second-order valence-corrected chi connectivity index (χ2v) is 9.23. The molecule has 4 heteroatoms. The van der Waals surface area contributed by atoms with Crippen LogP contribution in [0.3, 0.4) is 0 Å². The number of fused-ring (bicyclic) bond motifs is 2. The van der Waals surface area contributed by atoms with Crippen molar-refractivity contribution in [3.8, 4) is 0 Å². The third-order valence-corrected chi connectivity index (χ3v) is 7.65. The fourth-order valence-corrected chi connectivity index (χ4v) is 6.61. The lowest BCUT2D eigenvalue weighted by Crippen LogP contribution is -2.49. The lowest BCUT2D eigenvalue weighted by Gasteiger charge is -2.47. The van der Waals surface area contributed by atoms with Gasteiger partial charge in [0, 0.05) is 31.6 Å². The van der Waals surface area contributed by atoms with Crippen LogP contribution >= 0.6 is 0 Å². The van der Waals surface area contributed by atoms with E-state index in [-0.39, 0.29) is 18.0 Å². The summed E-state index contributed by atoms with van der Waals surface area (Å²) in [7, 11) is 0. The minimum absolute atomic E-state index is 0.113. The second-order valence-electron chi connectivity index (χ2n) is 9.23. The Hall–Kier alpha value is -0.610. The standard InChI is InChI=1S/C21H36N2O2/c1-14-13-23(11-9-22-14)10-5-8-18-17-7-4-3-6-16(17)12-19-20(18)15(2)25-21(19)24/h14-20,22H,3-13H2,1-2H3/t14-,15+,16-,17+,18-,19+,20-/m1/s1. The van der Waals surface area contributed by atoms with Gasteiger partial charge in [-0.2, -0.15) is 0 Å². The van der Waals surface area contributed by atoms with Crippen molar-refractivity contribution in [1.29, 1.82) is 0 Å². The molecule has 4 fully saturated rings. The molecule has 0 spiro atoms. The first-order valence-electron chi connectivity index (χ1n) is 10.8. The summed E-state index contributed by atoms with van der Waals surface area (Å²) in [5.41, 5.74) is 0. The zero-order chi connectivity index (χ0) is 17.4. The summed E-state index contributed by atoms with van der Waals surface area (Å²) >= 11 is 0. The van der Waals surface area contributed by atoms with Crippen molar-refractivity contribution in [1.82, 2.24) is 10.2 Å². The van der Waals surface area contributed by atoms with Crippen molar-refractivity contribution < 1.29 is 9.53 Å². The smallest absolute Gasteiger partial charge is 0.309 e. The molecule has 0 aromatic rings. The highest BCUT2D eigenvalue weighted by Gasteiger charge is 2.54. The normalized spacial score (nSPS) is 44.9. The van der Waals surface area contributed by atoms with E-state index in [1.165, 1.54) is 58.2 Å². The fraction of sp³-hybridized carbons (Fsp3) is 0.952. The third-order valence-electron chi connectivity index (χ3n) is 7.65. The van der Waals surface area contributed by atoms with Crippen LogP contribution in [0, 0.1) is 29.6 Å². The molecule has 0 amide bonds. The average Bonchev–Trinajstić information content (AvgIpc) is 2.88. The molecule has 2 saturated carbocycles. The Morgan fingerprint density at radius 3 is 2.92 bits per heavy atom. The number of nitrogens with zero attached hydrogens (tertiary/aromatic N) is 1. The Morgan fingerprint density at radius 1 is 1.24 bits per heavy atom. The second kappa shape index (κ2) is 7.56. The molecule has 0 bridgehead atoms. The first kappa shape index (κ1) is 17.8. The number of hydrogen-bond acceptors (Lipinski definition) is 4. The zero-order valence-corrected chi connectivity index (χ0v) is 16.1. The van der Waals surface area contributed by atoms with Crippen molar-refractivity contribution in [2.75, 3.05) is 26.2 Å². The van der Waals surface area contributed by atoms with E-state index >= 15 is 0 Å². The van der Waals surface area contributed by atoms with Crippen LogP contribution in [0.15, 0.2) is 0 Å². The summed E-state index contributed by atoms with van der Waals surface area (Å²) in [6, 6.07) is 0.622. The molecule has 4 rings (SSSR count). The maximum absolute atomic E-state index is 12.4. The van der Waals surface area contributed by atoms with Gasteiger partial charge in [0.2, 0.25) is 0 Å². The van der Waals surface area contributed by atoms with Gasteiger partial charge in [0.1, 0.15) is 6.10 Å². The monoisotopic (exact) mass is 348 g/mol. The number of nitrogens with one attached hydrogen (secondary N) is 1. The van der Waals surface area contributed by atoms with Crippen LogP contribution in [0.5, 0.6) is 0 Å². The van der Waals surface area contributed by atoms with Crippen LogP contribution in [-0.2, 0) is 9.53 Å². The zero-order valence-electron chi connectivity index (χ0n) is 16.1.